The maximum atomic E-state index is 13.1. The van der Waals surface area contributed by atoms with Crippen molar-refractivity contribution in [2.45, 2.75) is 12.6 Å². The van der Waals surface area contributed by atoms with Crippen molar-refractivity contribution >= 4 is 5.96 Å². The second-order valence-corrected chi connectivity index (χ2v) is 5.69. The van der Waals surface area contributed by atoms with Gasteiger partial charge in [-0.3, -0.25) is 4.99 Å². The highest BCUT2D eigenvalue weighted by atomic mass is 19.1. The molecule has 0 aliphatic heterocycles. The highest BCUT2D eigenvalue weighted by Gasteiger charge is 2.13. The van der Waals surface area contributed by atoms with Crippen LogP contribution in [-0.4, -0.2) is 38.6 Å². The van der Waals surface area contributed by atoms with Crippen molar-refractivity contribution in [1.29, 1.82) is 0 Å². The van der Waals surface area contributed by atoms with E-state index in [4.69, 9.17) is 4.74 Å². The summed E-state index contributed by atoms with van der Waals surface area (Å²) in [6, 6.07) is 12.6. The lowest BCUT2D eigenvalue weighted by Gasteiger charge is -2.24. The van der Waals surface area contributed by atoms with E-state index in [1.807, 2.05) is 11.9 Å². The van der Waals surface area contributed by atoms with Crippen LogP contribution in [0.25, 0.3) is 0 Å². The maximum absolute atomic E-state index is 13.1. The van der Waals surface area contributed by atoms with Gasteiger partial charge < -0.3 is 15.0 Å². The van der Waals surface area contributed by atoms with Crippen molar-refractivity contribution in [3.8, 4) is 0 Å². The minimum absolute atomic E-state index is 0.225. The zero-order valence-corrected chi connectivity index (χ0v) is 14.7. The lowest BCUT2D eigenvalue weighted by atomic mass is 10.1. The predicted molar refractivity (Wildman–Crippen MR) is 95.4 cm³/mol. The van der Waals surface area contributed by atoms with Crippen molar-refractivity contribution in [2.75, 3.05) is 27.7 Å². The van der Waals surface area contributed by atoms with Crippen LogP contribution < -0.4 is 5.32 Å². The summed E-state index contributed by atoms with van der Waals surface area (Å²) in [5.41, 5.74) is 1.86. The Kier molecular flexibility index (Phi) is 6.89. The van der Waals surface area contributed by atoms with Crippen molar-refractivity contribution < 1.29 is 13.5 Å². The highest BCUT2D eigenvalue weighted by Crippen LogP contribution is 2.16. The van der Waals surface area contributed by atoms with Crippen molar-refractivity contribution in [3.63, 3.8) is 0 Å². The molecule has 0 saturated carbocycles. The number of guanidine groups is 1. The standard InChI is InChI=1S/C19H23F2N3O/c1-22-19(24(2)13-14-4-8-16(20)9-5-14)23-12-18(25-3)15-6-10-17(21)11-7-15/h4-11,18H,12-13H2,1-3H3,(H,22,23). The fourth-order valence-corrected chi connectivity index (χ4v) is 2.52. The number of benzene rings is 2. The maximum Gasteiger partial charge on any atom is 0.193 e. The zero-order valence-electron chi connectivity index (χ0n) is 14.7. The number of nitrogens with zero attached hydrogens (tertiary/aromatic N) is 2. The molecule has 0 spiro atoms. The molecule has 0 radical (unpaired) electrons. The number of nitrogens with one attached hydrogen (secondary N) is 1. The Bertz CT molecular complexity index is 687. The van der Waals surface area contributed by atoms with Crippen LogP contribution >= 0.6 is 0 Å². The van der Waals surface area contributed by atoms with E-state index in [1.165, 1.54) is 24.3 Å². The molecule has 2 rings (SSSR count). The SMILES string of the molecule is CN=C(NCC(OC)c1ccc(F)cc1)N(C)Cc1ccc(F)cc1. The topological polar surface area (TPSA) is 36.9 Å². The Hall–Kier alpha value is -2.47. The van der Waals surface area contributed by atoms with Gasteiger partial charge in [0.2, 0.25) is 0 Å². The first kappa shape index (κ1) is 18.9. The monoisotopic (exact) mass is 347 g/mol. The number of methoxy groups -OCH3 is 1. The summed E-state index contributed by atoms with van der Waals surface area (Å²) < 4.78 is 31.5. The molecule has 1 atom stereocenters. The second kappa shape index (κ2) is 9.13. The molecule has 6 heteroatoms. The molecule has 0 heterocycles. The van der Waals surface area contributed by atoms with Gasteiger partial charge in [0, 0.05) is 34.3 Å². The van der Waals surface area contributed by atoms with Gasteiger partial charge in [-0.2, -0.15) is 0 Å². The third kappa shape index (κ3) is 5.53. The third-order valence-electron chi connectivity index (χ3n) is 3.88. The van der Waals surface area contributed by atoms with E-state index < -0.39 is 0 Å². The first-order valence-corrected chi connectivity index (χ1v) is 7.98. The molecule has 134 valence electrons. The van der Waals surface area contributed by atoms with E-state index in [9.17, 15) is 8.78 Å². The van der Waals surface area contributed by atoms with Gasteiger partial charge in [0.15, 0.2) is 5.96 Å². The van der Waals surface area contributed by atoms with Crippen LogP contribution in [0.3, 0.4) is 0 Å². The number of halogens is 2. The van der Waals surface area contributed by atoms with Crippen molar-refractivity contribution in [2.24, 2.45) is 4.99 Å². The van der Waals surface area contributed by atoms with Gasteiger partial charge in [0.1, 0.15) is 11.6 Å². The lowest BCUT2D eigenvalue weighted by Crippen LogP contribution is -2.40. The fraction of sp³-hybridized carbons (Fsp3) is 0.316. The first-order chi connectivity index (χ1) is 12.0. The molecular weight excluding hydrogens is 324 g/mol. The van der Waals surface area contributed by atoms with E-state index in [2.05, 4.69) is 10.3 Å². The molecule has 1 N–H and O–H groups in total. The van der Waals surface area contributed by atoms with Crippen LogP contribution in [0.15, 0.2) is 53.5 Å². The molecule has 2 aromatic carbocycles. The smallest absolute Gasteiger partial charge is 0.193 e. The van der Waals surface area contributed by atoms with E-state index in [1.54, 1.807) is 38.4 Å². The summed E-state index contributed by atoms with van der Waals surface area (Å²) >= 11 is 0. The second-order valence-electron chi connectivity index (χ2n) is 5.69. The molecule has 25 heavy (non-hydrogen) atoms. The largest absolute Gasteiger partial charge is 0.375 e. The summed E-state index contributed by atoms with van der Waals surface area (Å²) in [4.78, 5) is 6.19. The van der Waals surface area contributed by atoms with Crippen LogP contribution in [0.4, 0.5) is 8.78 Å². The Morgan fingerprint density at radius 3 is 2.16 bits per heavy atom. The van der Waals surface area contributed by atoms with E-state index in [-0.39, 0.29) is 17.7 Å². The van der Waals surface area contributed by atoms with Gasteiger partial charge in [-0.15, -0.1) is 0 Å². The normalized spacial score (nSPS) is 12.8. The van der Waals surface area contributed by atoms with E-state index in [0.29, 0.717) is 19.0 Å². The molecule has 0 aliphatic carbocycles. The molecule has 0 aromatic heterocycles. The third-order valence-corrected chi connectivity index (χ3v) is 3.88. The van der Waals surface area contributed by atoms with Crippen LogP contribution in [-0.2, 0) is 11.3 Å². The summed E-state index contributed by atoms with van der Waals surface area (Å²) in [7, 11) is 5.21. The van der Waals surface area contributed by atoms with Crippen LogP contribution in [0.2, 0.25) is 0 Å². The summed E-state index contributed by atoms with van der Waals surface area (Å²) in [6.07, 6.45) is -0.225. The average Bonchev–Trinajstić information content (AvgIpc) is 2.62. The lowest BCUT2D eigenvalue weighted by molar-refractivity contribution is 0.106. The van der Waals surface area contributed by atoms with E-state index in [0.717, 1.165) is 11.1 Å². The van der Waals surface area contributed by atoms with Crippen molar-refractivity contribution in [3.05, 3.63) is 71.3 Å². The summed E-state index contributed by atoms with van der Waals surface area (Å²) in [5, 5.41) is 3.25. The zero-order chi connectivity index (χ0) is 18.2. The van der Waals surface area contributed by atoms with Crippen molar-refractivity contribution in [1.82, 2.24) is 10.2 Å². The first-order valence-electron chi connectivity index (χ1n) is 7.98. The molecular formula is C19H23F2N3O. The number of aliphatic imine (C=N–C) groups is 1. The average molecular weight is 347 g/mol. The molecule has 0 bridgehead atoms. The van der Waals surface area contributed by atoms with Gasteiger partial charge in [-0.1, -0.05) is 24.3 Å². The van der Waals surface area contributed by atoms with Gasteiger partial charge in [-0.25, -0.2) is 8.78 Å². The highest BCUT2D eigenvalue weighted by molar-refractivity contribution is 5.79. The van der Waals surface area contributed by atoms with Gasteiger partial charge in [-0.05, 0) is 35.4 Å². The van der Waals surface area contributed by atoms with Gasteiger partial charge in [0.25, 0.3) is 0 Å². The molecule has 0 amide bonds. The molecule has 0 saturated heterocycles. The molecule has 4 nitrogen and oxygen atoms in total. The van der Waals surface area contributed by atoms with Crippen LogP contribution in [0, 0.1) is 11.6 Å². The minimum atomic E-state index is -0.276. The number of hydrogen-bond acceptors (Lipinski definition) is 2. The molecule has 0 fully saturated rings. The van der Waals surface area contributed by atoms with Crippen LogP contribution in [0.5, 0.6) is 0 Å². The Balaban J connectivity index is 1.95. The van der Waals surface area contributed by atoms with Crippen LogP contribution in [0.1, 0.15) is 17.2 Å². The predicted octanol–water partition coefficient (Wildman–Crippen LogP) is 3.36. The number of hydrogen-bond donors (Lipinski definition) is 1. The number of ether oxygens (including phenoxy) is 1. The quantitative estimate of drug-likeness (QED) is 0.643. The number of rotatable bonds is 6. The Morgan fingerprint density at radius 2 is 1.64 bits per heavy atom. The fourth-order valence-electron chi connectivity index (χ4n) is 2.52. The summed E-state index contributed by atoms with van der Waals surface area (Å²) in [5.74, 6) is 0.158. The Labute approximate surface area is 147 Å². The van der Waals surface area contributed by atoms with Gasteiger partial charge in [0.05, 0.1) is 6.10 Å². The van der Waals surface area contributed by atoms with Gasteiger partial charge >= 0.3 is 0 Å². The molecule has 0 aliphatic rings. The van der Waals surface area contributed by atoms with E-state index >= 15 is 0 Å². The molecule has 2 aromatic rings. The minimum Gasteiger partial charge on any atom is -0.375 e. The molecule has 1 unspecified atom stereocenters. The summed E-state index contributed by atoms with van der Waals surface area (Å²) in [6.45, 7) is 1.08. The Morgan fingerprint density at radius 1 is 1.08 bits per heavy atom.